The maximum atomic E-state index is 13.1. The standard InChI is InChI=1S/C24H28N4O3S/c1-16-2-7-19-20(12-16)32-23-22(19)24(30)28(15-25-23)14-21(29)26-18-5-3-17(4-6-18)13-27-8-10-31-11-9-27/h3-6,15-16H,2,7-14H2,1H3,(H,26,29). The average Bonchev–Trinajstić information content (AvgIpc) is 3.16. The van der Waals surface area contributed by atoms with Gasteiger partial charge in [-0.2, -0.15) is 0 Å². The molecule has 1 fully saturated rings. The third-order valence-corrected chi connectivity index (χ3v) is 7.51. The van der Waals surface area contributed by atoms with Crippen molar-refractivity contribution < 1.29 is 9.53 Å². The van der Waals surface area contributed by atoms with E-state index in [1.165, 1.54) is 21.3 Å². The van der Waals surface area contributed by atoms with Crippen LogP contribution in [0.2, 0.25) is 0 Å². The summed E-state index contributed by atoms with van der Waals surface area (Å²) in [5, 5.41) is 3.61. The average molecular weight is 453 g/mol. The number of ether oxygens (including phenoxy) is 1. The quantitative estimate of drug-likeness (QED) is 0.644. The summed E-state index contributed by atoms with van der Waals surface area (Å²) in [7, 11) is 0. The minimum Gasteiger partial charge on any atom is -0.379 e. The molecular formula is C24H28N4O3S. The number of benzene rings is 1. The van der Waals surface area contributed by atoms with Gasteiger partial charge in [-0.05, 0) is 48.4 Å². The Morgan fingerprint density at radius 2 is 2.03 bits per heavy atom. The summed E-state index contributed by atoms with van der Waals surface area (Å²) < 4.78 is 6.82. The number of carbonyl (C=O) groups is 1. The van der Waals surface area contributed by atoms with Gasteiger partial charge in [0.05, 0.1) is 24.9 Å². The van der Waals surface area contributed by atoms with Crippen LogP contribution in [0.5, 0.6) is 0 Å². The van der Waals surface area contributed by atoms with Crippen molar-refractivity contribution in [2.24, 2.45) is 5.92 Å². The van der Waals surface area contributed by atoms with Gasteiger partial charge in [-0.25, -0.2) is 4.98 Å². The number of hydrogen-bond donors (Lipinski definition) is 1. The SMILES string of the molecule is CC1CCc2c(sc3ncn(CC(=O)Nc4ccc(CN5CCOCC5)cc4)c(=O)c23)C1. The largest absolute Gasteiger partial charge is 0.379 e. The summed E-state index contributed by atoms with van der Waals surface area (Å²) in [5.74, 6) is 0.413. The van der Waals surface area contributed by atoms with Crippen LogP contribution < -0.4 is 10.9 Å². The van der Waals surface area contributed by atoms with Crippen LogP contribution in [0.3, 0.4) is 0 Å². The molecule has 3 heterocycles. The number of thiophene rings is 1. The first-order valence-electron chi connectivity index (χ1n) is 11.3. The number of aromatic nitrogens is 2. The van der Waals surface area contributed by atoms with Crippen LogP contribution in [0.1, 0.15) is 29.3 Å². The van der Waals surface area contributed by atoms with Gasteiger partial charge in [-0.1, -0.05) is 19.1 Å². The number of hydrogen-bond acceptors (Lipinski definition) is 6. The van der Waals surface area contributed by atoms with Crippen LogP contribution in [0.4, 0.5) is 5.69 Å². The van der Waals surface area contributed by atoms with E-state index in [1.54, 1.807) is 11.3 Å². The molecule has 0 bridgehead atoms. The van der Waals surface area contributed by atoms with Gasteiger partial charge in [-0.3, -0.25) is 19.1 Å². The molecule has 1 aromatic carbocycles. The molecule has 0 radical (unpaired) electrons. The lowest BCUT2D eigenvalue weighted by Gasteiger charge is -2.26. The maximum absolute atomic E-state index is 13.1. The molecule has 3 aromatic rings. The zero-order chi connectivity index (χ0) is 22.1. The summed E-state index contributed by atoms with van der Waals surface area (Å²) in [6.07, 6.45) is 4.52. The first-order valence-corrected chi connectivity index (χ1v) is 12.1. The van der Waals surface area contributed by atoms with Crippen LogP contribution >= 0.6 is 11.3 Å². The second kappa shape index (κ2) is 9.13. The Morgan fingerprint density at radius 1 is 1.25 bits per heavy atom. The van der Waals surface area contributed by atoms with Gasteiger partial charge in [0.15, 0.2) is 0 Å². The highest BCUT2D eigenvalue weighted by molar-refractivity contribution is 7.18. The third kappa shape index (κ3) is 4.48. The molecule has 1 N–H and O–H groups in total. The smallest absolute Gasteiger partial charge is 0.262 e. The molecule has 32 heavy (non-hydrogen) atoms. The number of rotatable bonds is 5. The zero-order valence-corrected chi connectivity index (χ0v) is 19.1. The van der Waals surface area contributed by atoms with E-state index in [0.29, 0.717) is 11.3 Å². The van der Waals surface area contributed by atoms with Gasteiger partial charge < -0.3 is 10.1 Å². The summed E-state index contributed by atoms with van der Waals surface area (Å²) in [4.78, 5) is 34.6. The van der Waals surface area contributed by atoms with E-state index in [1.807, 2.05) is 24.3 Å². The van der Waals surface area contributed by atoms with E-state index < -0.39 is 0 Å². The Morgan fingerprint density at radius 3 is 2.81 bits per heavy atom. The highest BCUT2D eigenvalue weighted by atomic mass is 32.1. The Balaban J connectivity index is 1.26. The predicted octanol–water partition coefficient (Wildman–Crippen LogP) is 3.05. The lowest BCUT2D eigenvalue weighted by molar-refractivity contribution is -0.116. The summed E-state index contributed by atoms with van der Waals surface area (Å²) in [5.41, 5.74) is 2.96. The number of morpholine rings is 1. The fourth-order valence-corrected chi connectivity index (χ4v) is 5.89. The molecule has 1 unspecified atom stereocenters. The lowest BCUT2D eigenvalue weighted by Crippen LogP contribution is -2.35. The summed E-state index contributed by atoms with van der Waals surface area (Å²) in [6, 6.07) is 7.88. The Hall–Kier alpha value is -2.55. The summed E-state index contributed by atoms with van der Waals surface area (Å²) >= 11 is 1.63. The zero-order valence-electron chi connectivity index (χ0n) is 18.3. The topological polar surface area (TPSA) is 76.5 Å². The number of nitrogens with one attached hydrogen (secondary N) is 1. The highest BCUT2D eigenvalue weighted by Gasteiger charge is 2.23. The van der Waals surface area contributed by atoms with Crippen LogP contribution in [0, 0.1) is 5.92 Å². The van der Waals surface area contributed by atoms with Crippen molar-refractivity contribution in [3.8, 4) is 0 Å². The molecule has 7 nitrogen and oxygen atoms in total. The minimum atomic E-state index is -0.230. The lowest BCUT2D eigenvalue weighted by atomic mass is 9.89. The molecule has 2 aliphatic rings. The van der Waals surface area contributed by atoms with E-state index >= 15 is 0 Å². The summed E-state index contributed by atoms with van der Waals surface area (Å²) in [6.45, 7) is 6.53. The van der Waals surface area contributed by atoms with Gasteiger partial charge >= 0.3 is 0 Å². The third-order valence-electron chi connectivity index (χ3n) is 6.34. The number of aryl methyl sites for hydroxylation is 1. The van der Waals surface area contributed by atoms with Crippen molar-refractivity contribution in [2.45, 2.75) is 39.3 Å². The van der Waals surface area contributed by atoms with Crippen molar-refractivity contribution in [1.29, 1.82) is 0 Å². The fraction of sp³-hybridized carbons (Fsp3) is 0.458. The molecule has 1 aliphatic carbocycles. The van der Waals surface area contributed by atoms with E-state index in [0.717, 1.165) is 68.2 Å². The van der Waals surface area contributed by atoms with Crippen molar-refractivity contribution in [3.63, 3.8) is 0 Å². The van der Waals surface area contributed by atoms with Crippen molar-refractivity contribution in [2.75, 3.05) is 31.6 Å². The molecule has 2 aromatic heterocycles. The Labute approximate surface area is 191 Å². The van der Waals surface area contributed by atoms with Crippen LogP contribution in [-0.2, 0) is 35.5 Å². The molecule has 0 spiro atoms. The Bertz CT molecular complexity index is 1180. The molecule has 1 amide bonds. The van der Waals surface area contributed by atoms with Crippen molar-refractivity contribution >= 4 is 33.1 Å². The van der Waals surface area contributed by atoms with E-state index in [9.17, 15) is 9.59 Å². The van der Waals surface area contributed by atoms with Crippen molar-refractivity contribution in [3.05, 3.63) is 57.0 Å². The number of nitrogens with zero attached hydrogens (tertiary/aromatic N) is 3. The molecule has 1 aliphatic heterocycles. The number of carbonyl (C=O) groups excluding carboxylic acids is 1. The minimum absolute atomic E-state index is 0.0433. The van der Waals surface area contributed by atoms with E-state index in [4.69, 9.17) is 4.74 Å². The molecule has 0 saturated carbocycles. The normalized spacial score (nSPS) is 19.1. The first-order chi connectivity index (χ1) is 15.6. The van der Waals surface area contributed by atoms with E-state index in [2.05, 4.69) is 22.1 Å². The second-order valence-corrected chi connectivity index (χ2v) is 9.93. The van der Waals surface area contributed by atoms with E-state index in [-0.39, 0.29) is 18.0 Å². The Kier molecular flexibility index (Phi) is 6.08. The van der Waals surface area contributed by atoms with Gasteiger partial charge in [0, 0.05) is 30.2 Å². The molecule has 1 saturated heterocycles. The molecule has 1 atom stereocenters. The van der Waals surface area contributed by atoms with Crippen LogP contribution in [0.25, 0.3) is 10.2 Å². The van der Waals surface area contributed by atoms with Gasteiger partial charge in [0.2, 0.25) is 5.91 Å². The molecular weight excluding hydrogens is 424 g/mol. The second-order valence-electron chi connectivity index (χ2n) is 8.84. The van der Waals surface area contributed by atoms with Crippen molar-refractivity contribution in [1.82, 2.24) is 14.5 Å². The van der Waals surface area contributed by atoms with Gasteiger partial charge in [0.1, 0.15) is 11.4 Å². The monoisotopic (exact) mass is 452 g/mol. The molecule has 5 rings (SSSR count). The van der Waals surface area contributed by atoms with Gasteiger partial charge in [-0.15, -0.1) is 11.3 Å². The number of anilines is 1. The highest BCUT2D eigenvalue weighted by Crippen LogP contribution is 2.35. The van der Waals surface area contributed by atoms with Crippen LogP contribution in [0.15, 0.2) is 35.4 Å². The molecule has 168 valence electrons. The molecule has 8 heteroatoms. The maximum Gasteiger partial charge on any atom is 0.262 e. The first kappa shape index (κ1) is 21.3. The number of amides is 1. The fourth-order valence-electron chi connectivity index (χ4n) is 4.54. The predicted molar refractivity (Wildman–Crippen MR) is 126 cm³/mol. The van der Waals surface area contributed by atoms with Crippen LogP contribution in [-0.4, -0.2) is 46.7 Å². The number of fused-ring (bicyclic) bond motifs is 3. The van der Waals surface area contributed by atoms with Gasteiger partial charge in [0.25, 0.3) is 5.56 Å².